The molecule has 0 aliphatic rings. The standard InChI is InChI=1S/C16H16BrN3O3/c1-19(10-12-6-2-3-7-13(12)17)11-16(21)18-14-8-4-5-9-15(14)20(22)23/h2-9H,10-11H2,1H3,(H,18,21). The van der Waals surface area contributed by atoms with Crippen LogP contribution >= 0.6 is 15.9 Å². The number of nitrogens with zero attached hydrogens (tertiary/aromatic N) is 2. The maximum atomic E-state index is 12.1. The van der Waals surface area contributed by atoms with Gasteiger partial charge in [0.2, 0.25) is 5.91 Å². The summed E-state index contributed by atoms with van der Waals surface area (Å²) in [6.07, 6.45) is 0. The number of nitrogens with one attached hydrogen (secondary N) is 1. The molecular formula is C16H16BrN3O3. The van der Waals surface area contributed by atoms with Crippen LogP contribution in [0.1, 0.15) is 5.56 Å². The van der Waals surface area contributed by atoms with Crippen LogP contribution < -0.4 is 5.32 Å². The fraction of sp³-hybridized carbons (Fsp3) is 0.188. The van der Waals surface area contributed by atoms with E-state index in [0.717, 1.165) is 10.0 Å². The third-order valence-electron chi connectivity index (χ3n) is 3.19. The van der Waals surface area contributed by atoms with Gasteiger partial charge < -0.3 is 5.32 Å². The van der Waals surface area contributed by atoms with Gasteiger partial charge in [-0.3, -0.25) is 19.8 Å². The monoisotopic (exact) mass is 377 g/mol. The van der Waals surface area contributed by atoms with Gasteiger partial charge in [0.15, 0.2) is 0 Å². The first kappa shape index (κ1) is 17.1. The fourth-order valence-electron chi connectivity index (χ4n) is 2.15. The van der Waals surface area contributed by atoms with Gasteiger partial charge in [-0.05, 0) is 24.7 Å². The van der Waals surface area contributed by atoms with E-state index in [0.29, 0.717) is 6.54 Å². The van der Waals surface area contributed by atoms with Gasteiger partial charge in [0.05, 0.1) is 11.5 Å². The van der Waals surface area contributed by atoms with Crippen molar-refractivity contribution in [3.05, 3.63) is 68.7 Å². The van der Waals surface area contributed by atoms with Crippen molar-refractivity contribution in [3.8, 4) is 0 Å². The van der Waals surface area contributed by atoms with E-state index in [9.17, 15) is 14.9 Å². The quantitative estimate of drug-likeness (QED) is 0.617. The Morgan fingerprint density at radius 1 is 1.22 bits per heavy atom. The minimum Gasteiger partial charge on any atom is -0.319 e. The molecule has 2 aromatic rings. The average Bonchev–Trinajstić information content (AvgIpc) is 2.49. The summed E-state index contributed by atoms with van der Waals surface area (Å²) in [7, 11) is 1.82. The van der Waals surface area contributed by atoms with Crippen molar-refractivity contribution in [2.24, 2.45) is 0 Å². The van der Waals surface area contributed by atoms with Crippen molar-refractivity contribution in [2.45, 2.75) is 6.54 Å². The number of rotatable bonds is 6. The van der Waals surface area contributed by atoms with Crippen LogP contribution in [0.15, 0.2) is 53.0 Å². The number of benzene rings is 2. The Labute approximate surface area is 142 Å². The molecule has 0 fully saturated rings. The van der Waals surface area contributed by atoms with Crippen LogP contribution in [0.25, 0.3) is 0 Å². The van der Waals surface area contributed by atoms with Crippen LogP contribution in [0.5, 0.6) is 0 Å². The molecule has 2 aromatic carbocycles. The minimum atomic E-state index is -0.513. The molecule has 0 aliphatic carbocycles. The number of para-hydroxylation sites is 2. The van der Waals surface area contributed by atoms with Gasteiger partial charge in [0.25, 0.3) is 5.69 Å². The number of anilines is 1. The number of nitro benzene ring substituents is 1. The number of hydrogen-bond acceptors (Lipinski definition) is 4. The molecule has 23 heavy (non-hydrogen) atoms. The number of carbonyl (C=O) groups excluding carboxylic acids is 1. The lowest BCUT2D eigenvalue weighted by atomic mass is 10.2. The van der Waals surface area contributed by atoms with E-state index in [4.69, 9.17) is 0 Å². The summed E-state index contributed by atoms with van der Waals surface area (Å²) in [5.41, 5.74) is 1.15. The second-order valence-corrected chi connectivity index (χ2v) is 5.94. The topological polar surface area (TPSA) is 75.5 Å². The summed E-state index contributed by atoms with van der Waals surface area (Å²) in [4.78, 5) is 24.4. The molecule has 0 radical (unpaired) electrons. The van der Waals surface area contributed by atoms with Crippen molar-refractivity contribution >= 4 is 33.2 Å². The van der Waals surface area contributed by atoms with Crippen molar-refractivity contribution in [1.82, 2.24) is 4.90 Å². The highest BCUT2D eigenvalue weighted by molar-refractivity contribution is 9.10. The van der Waals surface area contributed by atoms with Gasteiger partial charge in [0.1, 0.15) is 5.69 Å². The molecule has 0 unspecified atom stereocenters. The second-order valence-electron chi connectivity index (χ2n) is 5.09. The molecule has 0 aromatic heterocycles. The maximum absolute atomic E-state index is 12.1. The summed E-state index contributed by atoms with van der Waals surface area (Å²) in [6.45, 7) is 0.721. The molecule has 1 amide bonds. The zero-order chi connectivity index (χ0) is 16.8. The molecule has 6 nitrogen and oxygen atoms in total. The smallest absolute Gasteiger partial charge is 0.292 e. The number of nitro groups is 1. The van der Waals surface area contributed by atoms with E-state index in [1.54, 1.807) is 12.1 Å². The van der Waals surface area contributed by atoms with Crippen LogP contribution in [-0.4, -0.2) is 29.3 Å². The molecule has 0 spiro atoms. The Balaban J connectivity index is 1.97. The average molecular weight is 378 g/mol. The summed E-state index contributed by atoms with van der Waals surface area (Å²) in [5.74, 6) is -0.297. The molecule has 0 atom stereocenters. The molecule has 0 heterocycles. The molecule has 2 rings (SSSR count). The zero-order valence-electron chi connectivity index (χ0n) is 12.5. The van der Waals surface area contributed by atoms with E-state index in [1.807, 2.05) is 36.2 Å². The molecule has 0 bridgehead atoms. The third kappa shape index (κ3) is 4.87. The molecule has 0 saturated heterocycles. The van der Waals surface area contributed by atoms with Crippen molar-refractivity contribution in [2.75, 3.05) is 18.9 Å². The van der Waals surface area contributed by atoms with Crippen molar-refractivity contribution < 1.29 is 9.72 Å². The number of halogens is 1. The van der Waals surface area contributed by atoms with Crippen LogP contribution in [0, 0.1) is 10.1 Å². The van der Waals surface area contributed by atoms with E-state index in [2.05, 4.69) is 21.2 Å². The number of hydrogen-bond donors (Lipinski definition) is 1. The first-order valence-electron chi connectivity index (χ1n) is 6.92. The highest BCUT2D eigenvalue weighted by Crippen LogP contribution is 2.23. The Morgan fingerprint density at radius 2 is 1.87 bits per heavy atom. The number of amides is 1. The zero-order valence-corrected chi connectivity index (χ0v) is 14.1. The lowest BCUT2D eigenvalue weighted by Crippen LogP contribution is -2.30. The first-order chi connectivity index (χ1) is 11.0. The Hall–Kier alpha value is -2.25. The van der Waals surface area contributed by atoms with E-state index in [-0.39, 0.29) is 23.8 Å². The van der Waals surface area contributed by atoms with Gasteiger partial charge in [-0.15, -0.1) is 0 Å². The molecular weight excluding hydrogens is 362 g/mol. The number of carbonyl (C=O) groups is 1. The highest BCUT2D eigenvalue weighted by Gasteiger charge is 2.15. The lowest BCUT2D eigenvalue weighted by molar-refractivity contribution is -0.383. The number of likely N-dealkylation sites (N-methyl/N-ethyl adjacent to an activating group) is 1. The fourth-order valence-corrected chi connectivity index (χ4v) is 2.56. The molecule has 7 heteroatoms. The van der Waals surface area contributed by atoms with Gasteiger partial charge in [-0.2, -0.15) is 0 Å². The normalized spacial score (nSPS) is 10.6. The van der Waals surface area contributed by atoms with Crippen molar-refractivity contribution in [3.63, 3.8) is 0 Å². The SMILES string of the molecule is CN(CC(=O)Nc1ccccc1[N+](=O)[O-])Cc1ccccc1Br. The van der Waals surface area contributed by atoms with Gasteiger partial charge >= 0.3 is 0 Å². The maximum Gasteiger partial charge on any atom is 0.292 e. The molecule has 0 aliphatic heterocycles. The summed E-state index contributed by atoms with van der Waals surface area (Å²) in [6, 6.07) is 13.9. The van der Waals surface area contributed by atoms with E-state index in [1.165, 1.54) is 12.1 Å². The van der Waals surface area contributed by atoms with Gasteiger partial charge in [-0.1, -0.05) is 46.3 Å². The van der Waals surface area contributed by atoms with Gasteiger partial charge in [-0.25, -0.2) is 0 Å². The molecule has 1 N–H and O–H groups in total. The minimum absolute atomic E-state index is 0.116. The first-order valence-corrected chi connectivity index (χ1v) is 7.72. The van der Waals surface area contributed by atoms with Gasteiger partial charge in [0, 0.05) is 17.1 Å². The van der Waals surface area contributed by atoms with E-state index >= 15 is 0 Å². The van der Waals surface area contributed by atoms with Crippen LogP contribution in [0.3, 0.4) is 0 Å². The molecule has 120 valence electrons. The Bertz CT molecular complexity index is 721. The Morgan fingerprint density at radius 3 is 2.57 bits per heavy atom. The third-order valence-corrected chi connectivity index (χ3v) is 3.96. The summed E-state index contributed by atoms with van der Waals surface area (Å²) in [5, 5.41) is 13.5. The van der Waals surface area contributed by atoms with Crippen molar-refractivity contribution in [1.29, 1.82) is 0 Å². The Kier molecular flexibility index (Phi) is 5.84. The van der Waals surface area contributed by atoms with Crippen LogP contribution in [0.2, 0.25) is 0 Å². The lowest BCUT2D eigenvalue weighted by Gasteiger charge is -2.17. The predicted octanol–water partition coefficient (Wildman–Crippen LogP) is 3.43. The largest absolute Gasteiger partial charge is 0.319 e. The second kappa shape index (κ2) is 7.85. The van der Waals surface area contributed by atoms with Crippen LogP contribution in [0.4, 0.5) is 11.4 Å². The van der Waals surface area contributed by atoms with E-state index < -0.39 is 4.92 Å². The summed E-state index contributed by atoms with van der Waals surface area (Å²) < 4.78 is 0.978. The summed E-state index contributed by atoms with van der Waals surface area (Å²) >= 11 is 3.47. The highest BCUT2D eigenvalue weighted by atomic mass is 79.9. The predicted molar refractivity (Wildman–Crippen MR) is 92.2 cm³/mol. The van der Waals surface area contributed by atoms with Crippen LogP contribution in [-0.2, 0) is 11.3 Å². The molecule has 0 saturated carbocycles.